The zero-order chi connectivity index (χ0) is 22.8. The predicted octanol–water partition coefficient (Wildman–Crippen LogP) is 5.56. The van der Waals surface area contributed by atoms with Gasteiger partial charge in [-0.15, -0.1) is 0 Å². The summed E-state index contributed by atoms with van der Waals surface area (Å²) in [5.41, 5.74) is -1.51. The van der Waals surface area contributed by atoms with Gasteiger partial charge in [-0.2, -0.15) is 0 Å². The molecule has 3 aliphatic heterocycles. The fourth-order valence-electron chi connectivity index (χ4n) is 6.30. The largest absolute Gasteiger partial charge is 0.371 e. The highest BCUT2D eigenvalue weighted by molar-refractivity contribution is 5.88. The molecule has 1 N–H and O–H groups in total. The maximum atomic E-state index is 13.8. The first kappa shape index (κ1) is 25.0. The van der Waals surface area contributed by atoms with Gasteiger partial charge in [-0.25, -0.2) is 0 Å². The molecule has 0 aromatic heterocycles. The SMILES string of the molecule is CCCCCCCCCCCC1(C)OC2(CC(C)(C)NC(C)(C)C2)C(=O)N1CC1CO1. The molecule has 3 heterocycles. The Morgan fingerprint density at radius 2 is 1.42 bits per heavy atom. The maximum Gasteiger partial charge on any atom is 0.257 e. The van der Waals surface area contributed by atoms with Crippen LogP contribution in [0, 0.1) is 0 Å². The number of unbranched alkanes of at least 4 members (excludes halogenated alkanes) is 8. The lowest BCUT2D eigenvalue weighted by Gasteiger charge is -2.50. The number of rotatable bonds is 12. The average molecular weight is 437 g/mol. The van der Waals surface area contributed by atoms with Gasteiger partial charge in [-0.1, -0.05) is 58.3 Å². The smallest absolute Gasteiger partial charge is 0.257 e. The van der Waals surface area contributed by atoms with Gasteiger partial charge in [0.25, 0.3) is 5.91 Å². The van der Waals surface area contributed by atoms with Gasteiger partial charge in [-0.05, 0) is 47.5 Å². The molecule has 31 heavy (non-hydrogen) atoms. The van der Waals surface area contributed by atoms with Crippen molar-refractivity contribution in [2.75, 3.05) is 13.2 Å². The number of epoxide rings is 1. The van der Waals surface area contributed by atoms with Gasteiger partial charge in [0.05, 0.1) is 19.3 Å². The molecule has 1 amide bonds. The van der Waals surface area contributed by atoms with Gasteiger partial charge < -0.3 is 19.7 Å². The Hall–Kier alpha value is -0.650. The summed E-state index contributed by atoms with van der Waals surface area (Å²) in [5, 5.41) is 3.71. The van der Waals surface area contributed by atoms with Crippen LogP contribution in [0.1, 0.15) is 119 Å². The third kappa shape index (κ3) is 6.45. The van der Waals surface area contributed by atoms with E-state index in [9.17, 15) is 4.79 Å². The first-order chi connectivity index (χ1) is 14.5. The number of ether oxygens (including phenoxy) is 2. The van der Waals surface area contributed by atoms with E-state index in [2.05, 4.69) is 46.9 Å². The van der Waals surface area contributed by atoms with E-state index in [4.69, 9.17) is 9.47 Å². The van der Waals surface area contributed by atoms with Crippen LogP contribution in [0.15, 0.2) is 0 Å². The van der Waals surface area contributed by atoms with Crippen molar-refractivity contribution in [3.05, 3.63) is 0 Å². The van der Waals surface area contributed by atoms with Crippen molar-refractivity contribution < 1.29 is 14.3 Å². The molecule has 0 aromatic rings. The second kappa shape index (κ2) is 9.69. The van der Waals surface area contributed by atoms with E-state index in [1.54, 1.807) is 0 Å². The monoisotopic (exact) mass is 436 g/mol. The van der Waals surface area contributed by atoms with E-state index in [0.717, 1.165) is 32.3 Å². The van der Waals surface area contributed by atoms with Gasteiger partial charge in [0.2, 0.25) is 0 Å². The second-order valence-corrected chi connectivity index (χ2v) is 12.0. The first-order valence-corrected chi connectivity index (χ1v) is 12.9. The second-order valence-electron chi connectivity index (χ2n) is 12.0. The molecule has 3 rings (SSSR count). The Labute approximate surface area is 191 Å². The molecule has 2 unspecified atom stereocenters. The number of piperidine rings is 1. The summed E-state index contributed by atoms with van der Waals surface area (Å²) in [4.78, 5) is 15.8. The third-order valence-electron chi connectivity index (χ3n) is 7.29. The molecule has 0 saturated carbocycles. The highest BCUT2D eigenvalue weighted by atomic mass is 16.6. The van der Waals surface area contributed by atoms with E-state index >= 15 is 0 Å². The Kier molecular flexibility index (Phi) is 7.81. The number of hydrogen-bond donors (Lipinski definition) is 1. The number of amides is 1. The molecule has 3 fully saturated rings. The zero-order valence-corrected chi connectivity index (χ0v) is 21.1. The van der Waals surface area contributed by atoms with E-state index in [0.29, 0.717) is 6.54 Å². The number of carbonyl (C=O) groups is 1. The summed E-state index contributed by atoms with van der Waals surface area (Å²) >= 11 is 0. The van der Waals surface area contributed by atoms with Gasteiger partial charge >= 0.3 is 0 Å². The van der Waals surface area contributed by atoms with E-state index in [1.165, 1.54) is 51.4 Å². The van der Waals surface area contributed by atoms with Gasteiger partial charge in [0, 0.05) is 23.9 Å². The fourth-order valence-corrected chi connectivity index (χ4v) is 6.30. The van der Waals surface area contributed by atoms with Crippen LogP contribution in [0.25, 0.3) is 0 Å². The van der Waals surface area contributed by atoms with Crippen LogP contribution in [0.4, 0.5) is 0 Å². The average Bonchev–Trinajstić information content (AvgIpc) is 3.42. The standard InChI is InChI=1S/C26H48N2O3/c1-7-8-9-10-11-12-13-14-15-16-25(6)28(17-21-18-30-21)22(29)26(31-25)19-23(2,3)27-24(4,5)20-26/h21,27H,7-20H2,1-6H3. The van der Waals surface area contributed by atoms with Crippen LogP contribution < -0.4 is 5.32 Å². The molecule has 0 aromatic carbocycles. The van der Waals surface area contributed by atoms with E-state index < -0.39 is 11.3 Å². The van der Waals surface area contributed by atoms with Gasteiger partial charge in [0.15, 0.2) is 5.60 Å². The molecule has 180 valence electrons. The minimum Gasteiger partial charge on any atom is -0.371 e. The van der Waals surface area contributed by atoms with Crippen LogP contribution in [0.5, 0.6) is 0 Å². The van der Waals surface area contributed by atoms with Crippen molar-refractivity contribution in [1.29, 1.82) is 0 Å². The molecule has 0 bridgehead atoms. The first-order valence-electron chi connectivity index (χ1n) is 12.9. The van der Waals surface area contributed by atoms with Gasteiger partial charge in [0.1, 0.15) is 5.72 Å². The number of nitrogens with zero attached hydrogens (tertiary/aromatic N) is 1. The zero-order valence-electron chi connectivity index (χ0n) is 21.1. The summed E-state index contributed by atoms with van der Waals surface area (Å²) in [5.74, 6) is 0.184. The molecule has 5 heteroatoms. The Balaban J connectivity index is 1.59. The number of carbonyl (C=O) groups excluding carboxylic acids is 1. The van der Waals surface area contributed by atoms with Crippen molar-refractivity contribution in [3.8, 4) is 0 Å². The molecule has 3 saturated heterocycles. The molecule has 1 spiro atoms. The molecule has 0 aliphatic carbocycles. The van der Waals surface area contributed by atoms with E-state index in [-0.39, 0.29) is 23.1 Å². The Morgan fingerprint density at radius 3 is 1.94 bits per heavy atom. The highest BCUT2D eigenvalue weighted by Crippen LogP contribution is 2.49. The predicted molar refractivity (Wildman–Crippen MR) is 126 cm³/mol. The lowest BCUT2D eigenvalue weighted by Crippen LogP contribution is -2.65. The normalized spacial score (nSPS) is 30.8. The maximum absolute atomic E-state index is 13.8. The lowest BCUT2D eigenvalue weighted by molar-refractivity contribution is -0.165. The van der Waals surface area contributed by atoms with Crippen molar-refractivity contribution in [2.45, 2.75) is 147 Å². The van der Waals surface area contributed by atoms with Crippen molar-refractivity contribution in [1.82, 2.24) is 10.2 Å². The van der Waals surface area contributed by atoms with Crippen LogP contribution in [0.2, 0.25) is 0 Å². The molecular weight excluding hydrogens is 388 g/mol. The Morgan fingerprint density at radius 1 is 0.903 bits per heavy atom. The molecular formula is C26H48N2O3. The van der Waals surface area contributed by atoms with Crippen molar-refractivity contribution >= 4 is 5.91 Å². The Bertz CT molecular complexity index is 598. The van der Waals surface area contributed by atoms with Crippen molar-refractivity contribution in [3.63, 3.8) is 0 Å². The third-order valence-corrected chi connectivity index (χ3v) is 7.29. The molecule has 0 radical (unpaired) electrons. The number of nitrogens with one attached hydrogen (secondary N) is 1. The number of hydrogen-bond acceptors (Lipinski definition) is 4. The minimum atomic E-state index is -0.721. The van der Waals surface area contributed by atoms with Crippen LogP contribution in [0.3, 0.4) is 0 Å². The quantitative estimate of drug-likeness (QED) is 0.321. The summed E-state index contributed by atoms with van der Waals surface area (Å²) in [6.45, 7) is 14.6. The molecule has 2 atom stereocenters. The van der Waals surface area contributed by atoms with Crippen LogP contribution >= 0.6 is 0 Å². The summed E-state index contributed by atoms with van der Waals surface area (Å²) in [7, 11) is 0. The molecule has 5 nitrogen and oxygen atoms in total. The summed E-state index contributed by atoms with van der Waals surface area (Å²) < 4.78 is 12.4. The van der Waals surface area contributed by atoms with Crippen LogP contribution in [-0.2, 0) is 14.3 Å². The molecule has 3 aliphatic rings. The topological polar surface area (TPSA) is 54.1 Å². The van der Waals surface area contributed by atoms with Gasteiger partial charge in [-0.3, -0.25) is 4.79 Å². The minimum absolute atomic E-state index is 0.137. The van der Waals surface area contributed by atoms with Crippen molar-refractivity contribution in [2.24, 2.45) is 0 Å². The highest BCUT2D eigenvalue weighted by Gasteiger charge is 2.63. The summed E-state index contributed by atoms with van der Waals surface area (Å²) in [6.07, 6.45) is 14.3. The van der Waals surface area contributed by atoms with Crippen LogP contribution in [-0.4, -0.2) is 52.5 Å². The fraction of sp³-hybridized carbons (Fsp3) is 0.962. The lowest BCUT2D eigenvalue weighted by atomic mass is 9.72. The summed E-state index contributed by atoms with van der Waals surface area (Å²) in [6, 6.07) is 0. The van der Waals surface area contributed by atoms with E-state index in [1.807, 2.05) is 4.90 Å².